The van der Waals surface area contributed by atoms with Crippen LogP contribution in [0.5, 0.6) is 0 Å². The van der Waals surface area contributed by atoms with Crippen molar-refractivity contribution in [2.45, 2.75) is 33.6 Å². The molecular weight excluding hydrogens is 459 g/mol. The van der Waals surface area contributed by atoms with Crippen molar-refractivity contribution in [1.82, 2.24) is 0 Å². The lowest BCUT2D eigenvalue weighted by Gasteiger charge is -2.43. The van der Waals surface area contributed by atoms with Crippen LogP contribution in [0.2, 0.25) is 0 Å². The number of fused-ring (bicyclic) bond motifs is 1. The topological polar surface area (TPSA) is 6.48 Å². The van der Waals surface area contributed by atoms with Crippen LogP contribution in [0.4, 0.5) is 34.1 Å². The van der Waals surface area contributed by atoms with Crippen molar-refractivity contribution in [2.75, 3.05) is 9.80 Å². The van der Waals surface area contributed by atoms with Gasteiger partial charge in [-0.05, 0) is 101 Å². The number of hydrogen-bond acceptors (Lipinski definition) is 2. The smallest absolute Gasteiger partial charge is 0.253 e. The van der Waals surface area contributed by atoms with E-state index in [1.807, 2.05) is 0 Å². The van der Waals surface area contributed by atoms with Gasteiger partial charge in [0.25, 0.3) is 6.71 Å². The average molecular weight is 488 g/mol. The molecule has 0 bridgehead atoms. The molecule has 3 aliphatic heterocycles. The zero-order valence-electron chi connectivity index (χ0n) is 22.3. The first-order chi connectivity index (χ1) is 18.5. The second-order valence-corrected chi connectivity index (χ2v) is 11.4. The first-order valence-electron chi connectivity index (χ1n) is 13.7. The molecule has 5 aromatic rings. The maximum absolute atomic E-state index is 2.52. The molecule has 3 heterocycles. The van der Waals surface area contributed by atoms with E-state index in [4.69, 9.17) is 0 Å². The highest BCUT2D eigenvalue weighted by Crippen LogP contribution is 2.48. The summed E-state index contributed by atoms with van der Waals surface area (Å²) in [4.78, 5) is 5.04. The minimum absolute atomic E-state index is 0.252. The Morgan fingerprint density at radius 1 is 0.526 bits per heavy atom. The van der Waals surface area contributed by atoms with Crippen molar-refractivity contribution in [2.24, 2.45) is 0 Å². The maximum atomic E-state index is 2.52. The number of nitrogens with zero attached hydrogens (tertiary/aromatic N) is 2. The highest BCUT2D eigenvalue weighted by molar-refractivity contribution is 7.03. The Bertz CT molecular complexity index is 1640. The van der Waals surface area contributed by atoms with E-state index in [9.17, 15) is 0 Å². The van der Waals surface area contributed by atoms with E-state index in [1.165, 1.54) is 78.3 Å². The third-order valence-electron chi connectivity index (χ3n) is 8.70. The quantitative estimate of drug-likeness (QED) is 0.238. The van der Waals surface area contributed by atoms with E-state index < -0.39 is 0 Å². The average Bonchev–Trinajstić information content (AvgIpc) is 3.27. The summed E-state index contributed by atoms with van der Waals surface area (Å²) in [5.74, 6) is 0.417. The second kappa shape index (κ2) is 7.64. The van der Waals surface area contributed by atoms with Crippen LogP contribution in [-0.2, 0) is 0 Å². The molecule has 0 amide bonds. The summed E-state index contributed by atoms with van der Waals surface area (Å²) in [7, 11) is 0. The molecule has 2 nitrogen and oxygen atoms in total. The van der Waals surface area contributed by atoms with Crippen LogP contribution < -0.4 is 26.2 Å². The minimum atomic E-state index is 0.252. The lowest BCUT2D eigenvalue weighted by atomic mass is 9.35. The highest BCUT2D eigenvalue weighted by Gasteiger charge is 2.48. The Hall–Kier alpha value is -4.24. The highest BCUT2D eigenvalue weighted by atomic mass is 15.2. The van der Waals surface area contributed by atoms with Gasteiger partial charge in [-0.3, -0.25) is 0 Å². The predicted octanol–water partition coefficient (Wildman–Crippen LogP) is 7.49. The summed E-state index contributed by atoms with van der Waals surface area (Å²) in [6.07, 6.45) is 0. The van der Waals surface area contributed by atoms with Gasteiger partial charge in [-0.25, -0.2) is 0 Å². The van der Waals surface area contributed by atoms with Crippen LogP contribution in [0.3, 0.4) is 0 Å². The maximum Gasteiger partial charge on any atom is 0.253 e. The molecule has 0 fully saturated rings. The summed E-state index contributed by atoms with van der Waals surface area (Å²) >= 11 is 0. The first kappa shape index (κ1) is 21.8. The third kappa shape index (κ3) is 2.79. The molecule has 0 saturated heterocycles. The van der Waals surface area contributed by atoms with Gasteiger partial charge in [0, 0.05) is 34.1 Å². The summed E-state index contributed by atoms with van der Waals surface area (Å²) in [5.41, 5.74) is 18.7. The number of anilines is 6. The van der Waals surface area contributed by atoms with Gasteiger partial charge in [0.05, 0.1) is 0 Å². The van der Waals surface area contributed by atoms with Crippen molar-refractivity contribution in [3.05, 3.63) is 114 Å². The summed E-state index contributed by atoms with van der Waals surface area (Å²) in [5, 5.41) is 0. The lowest BCUT2D eigenvalue weighted by Crippen LogP contribution is -2.59. The van der Waals surface area contributed by atoms with E-state index in [0.29, 0.717) is 5.92 Å². The molecule has 3 heteroatoms. The number of rotatable bonds is 3. The van der Waals surface area contributed by atoms with Crippen molar-refractivity contribution < 1.29 is 0 Å². The van der Waals surface area contributed by atoms with Crippen LogP contribution in [0, 0.1) is 13.8 Å². The number of aryl methyl sites for hydroxylation is 2. The molecule has 0 unspecified atom stereocenters. The van der Waals surface area contributed by atoms with Gasteiger partial charge < -0.3 is 9.80 Å². The summed E-state index contributed by atoms with van der Waals surface area (Å²) in [6, 6.07) is 36.7. The van der Waals surface area contributed by atoms with Crippen LogP contribution in [-0.4, -0.2) is 6.71 Å². The molecule has 0 N–H and O–H groups in total. The Labute approximate surface area is 225 Å². The largest absolute Gasteiger partial charge is 0.311 e. The molecule has 5 aromatic carbocycles. The lowest BCUT2D eigenvalue weighted by molar-refractivity contribution is 0.866. The van der Waals surface area contributed by atoms with Crippen LogP contribution in [0.25, 0.3) is 11.1 Å². The van der Waals surface area contributed by atoms with Gasteiger partial charge in [0.2, 0.25) is 0 Å². The molecule has 0 radical (unpaired) electrons. The normalized spacial score (nSPS) is 13.9. The van der Waals surface area contributed by atoms with Crippen LogP contribution >= 0.6 is 0 Å². The van der Waals surface area contributed by atoms with Crippen LogP contribution in [0.15, 0.2) is 97.1 Å². The Kier molecular flexibility index (Phi) is 4.39. The van der Waals surface area contributed by atoms with E-state index in [1.54, 1.807) is 0 Å². The SMILES string of the molecule is Cc1ccc(N2c3cccc4c3B3c5c-4cccc5N(c4ccc(C)cc4)c4cc(C(C)C)cc2c43)cc1. The molecule has 8 rings (SSSR count). The van der Waals surface area contributed by atoms with E-state index >= 15 is 0 Å². The summed E-state index contributed by atoms with van der Waals surface area (Å²) in [6.45, 7) is 9.19. The van der Waals surface area contributed by atoms with Crippen molar-refractivity contribution in [3.63, 3.8) is 0 Å². The van der Waals surface area contributed by atoms with Gasteiger partial charge >= 0.3 is 0 Å². The van der Waals surface area contributed by atoms with Crippen molar-refractivity contribution in [3.8, 4) is 11.1 Å². The third-order valence-corrected chi connectivity index (χ3v) is 8.70. The molecule has 38 heavy (non-hydrogen) atoms. The monoisotopic (exact) mass is 488 g/mol. The fraction of sp³-hybridized carbons (Fsp3) is 0.143. The van der Waals surface area contributed by atoms with Crippen molar-refractivity contribution in [1.29, 1.82) is 0 Å². The van der Waals surface area contributed by atoms with Gasteiger partial charge in [0.15, 0.2) is 0 Å². The van der Waals surface area contributed by atoms with E-state index in [2.05, 4.69) is 135 Å². The predicted molar refractivity (Wildman–Crippen MR) is 163 cm³/mol. The summed E-state index contributed by atoms with van der Waals surface area (Å²) < 4.78 is 0. The molecule has 0 spiro atoms. The van der Waals surface area contributed by atoms with Gasteiger partial charge in [0.1, 0.15) is 0 Å². The van der Waals surface area contributed by atoms with E-state index in [0.717, 1.165) is 0 Å². The fourth-order valence-corrected chi connectivity index (χ4v) is 6.85. The molecule has 3 aliphatic rings. The first-order valence-corrected chi connectivity index (χ1v) is 13.7. The molecule has 182 valence electrons. The molecule has 0 saturated carbocycles. The molecule has 0 atom stereocenters. The molecular formula is C35H29BN2. The van der Waals surface area contributed by atoms with Gasteiger partial charge in [-0.15, -0.1) is 0 Å². The number of benzene rings is 5. The second-order valence-electron chi connectivity index (χ2n) is 11.4. The van der Waals surface area contributed by atoms with Gasteiger partial charge in [-0.2, -0.15) is 0 Å². The van der Waals surface area contributed by atoms with Crippen molar-refractivity contribution >= 4 is 57.2 Å². The Balaban J connectivity index is 1.52. The van der Waals surface area contributed by atoms with E-state index in [-0.39, 0.29) is 6.71 Å². The minimum Gasteiger partial charge on any atom is -0.311 e. The van der Waals surface area contributed by atoms with Gasteiger partial charge in [-0.1, -0.05) is 73.5 Å². The van der Waals surface area contributed by atoms with Crippen LogP contribution in [0.1, 0.15) is 36.5 Å². The molecule has 0 aliphatic carbocycles. The number of hydrogen-bond donors (Lipinski definition) is 0. The zero-order chi connectivity index (χ0) is 25.7. The standard InChI is InChI=1S/C35H29BN2/c1-21(2)24-19-31-35-32(20-24)38(26-17-13-23(4)14-18-26)30-10-6-8-28-27-7-5-9-29(33(27)36(35)34(28)30)37(31)25-15-11-22(3)12-16-25/h5-21H,1-4H3. The Morgan fingerprint density at radius 2 is 0.974 bits per heavy atom. The fourth-order valence-electron chi connectivity index (χ4n) is 6.85. The Morgan fingerprint density at radius 3 is 1.39 bits per heavy atom. The zero-order valence-corrected chi connectivity index (χ0v) is 22.3. The molecule has 0 aromatic heterocycles.